The van der Waals surface area contributed by atoms with Crippen molar-refractivity contribution in [3.63, 3.8) is 0 Å². The molecule has 0 bridgehead atoms. The zero-order chi connectivity index (χ0) is 14.7. The number of nitrogens with zero attached hydrogens (tertiary/aromatic N) is 2. The van der Waals surface area contributed by atoms with Crippen LogP contribution in [-0.2, 0) is 20.0 Å². The van der Waals surface area contributed by atoms with E-state index in [1.807, 2.05) is 39.2 Å². The molecule has 1 aromatic carbocycles. The third kappa shape index (κ3) is 2.82. The van der Waals surface area contributed by atoms with Gasteiger partial charge in [0, 0.05) is 31.0 Å². The standard InChI is InChI=1S/C15H20N4O/c1-4-13-11(9-19(3)18-13)8-17-15(20)14-10(2)6-5-7-12(14)16/h5-7,9H,4,8,16H2,1-3H3,(H,17,20). The summed E-state index contributed by atoms with van der Waals surface area (Å²) in [6.07, 6.45) is 2.78. The van der Waals surface area contributed by atoms with Crippen LogP contribution in [-0.4, -0.2) is 15.7 Å². The molecule has 0 atom stereocenters. The SMILES string of the molecule is CCc1nn(C)cc1CNC(=O)c1c(C)cccc1N. The summed E-state index contributed by atoms with van der Waals surface area (Å²) in [5.41, 5.74) is 9.85. The van der Waals surface area contributed by atoms with Crippen LogP contribution in [0.4, 0.5) is 5.69 Å². The molecule has 3 N–H and O–H groups in total. The molecule has 0 radical (unpaired) electrons. The van der Waals surface area contributed by atoms with E-state index >= 15 is 0 Å². The van der Waals surface area contributed by atoms with E-state index in [0.29, 0.717) is 17.8 Å². The Hall–Kier alpha value is -2.30. The van der Waals surface area contributed by atoms with Gasteiger partial charge in [0.2, 0.25) is 0 Å². The molecule has 106 valence electrons. The second-order valence-corrected chi connectivity index (χ2v) is 4.85. The van der Waals surface area contributed by atoms with Gasteiger partial charge in [-0.2, -0.15) is 5.10 Å². The number of anilines is 1. The van der Waals surface area contributed by atoms with Gasteiger partial charge in [-0.05, 0) is 25.0 Å². The minimum absolute atomic E-state index is 0.147. The van der Waals surface area contributed by atoms with Crippen molar-refractivity contribution >= 4 is 11.6 Å². The van der Waals surface area contributed by atoms with Crippen LogP contribution in [0.15, 0.2) is 24.4 Å². The molecule has 2 aromatic rings. The average molecular weight is 272 g/mol. The van der Waals surface area contributed by atoms with Crippen molar-refractivity contribution < 1.29 is 4.79 Å². The topological polar surface area (TPSA) is 72.9 Å². The molecule has 5 heteroatoms. The summed E-state index contributed by atoms with van der Waals surface area (Å²) < 4.78 is 1.77. The first-order valence-electron chi connectivity index (χ1n) is 6.67. The highest BCUT2D eigenvalue weighted by molar-refractivity contribution is 6.00. The maximum Gasteiger partial charge on any atom is 0.253 e. The molecule has 20 heavy (non-hydrogen) atoms. The first-order chi connectivity index (χ1) is 9.52. The van der Waals surface area contributed by atoms with E-state index in [9.17, 15) is 4.79 Å². The summed E-state index contributed by atoms with van der Waals surface area (Å²) in [6.45, 7) is 4.39. The van der Waals surface area contributed by atoms with Gasteiger partial charge in [0.05, 0.1) is 11.3 Å². The first kappa shape index (κ1) is 14.1. The summed E-state index contributed by atoms with van der Waals surface area (Å²) in [7, 11) is 1.88. The van der Waals surface area contributed by atoms with Crippen molar-refractivity contribution in [3.8, 4) is 0 Å². The van der Waals surface area contributed by atoms with Crippen LogP contribution in [0.1, 0.15) is 34.1 Å². The lowest BCUT2D eigenvalue weighted by molar-refractivity contribution is 0.0951. The number of hydrogen-bond donors (Lipinski definition) is 2. The molecule has 0 saturated carbocycles. The smallest absolute Gasteiger partial charge is 0.253 e. The Kier molecular flexibility index (Phi) is 4.08. The maximum atomic E-state index is 12.2. The molecule has 2 rings (SSSR count). The Labute approximate surface area is 118 Å². The van der Waals surface area contributed by atoms with Crippen molar-refractivity contribution in [2.45, 2.75) is 26.8 Å². The number of hydrogen-bond acceptors (Lipinski definition) is 3. The number of aromatic nitrogens is 2. The van der Waals surface area contributed by atoms with Gasteiger partial charge in [-0.3, -0.25) is 9.48 Å². The number of benzene rings is 1. The Morgan fingerprint density at radius 1 is 1.45 bits per heavy atom. The van der Waals surface area contributed by atoms with Gasteiger partial charge in [0.1, 0.15) is 0 Å². The lowest BCUT2D eigenvalue weighted by Gasteiger charge is -2.10. The summed E-state index contributed by atoms with van der Waals surface area (Å²) in [5.74, 6) is -0.147. The predicted octanol–water partition coefficient (Wildman–Crippen LogP) is 1.80. The van der Waals surface area contributed by atoms with E-state index in [0.717, 1.165) is 23.2 Å². The van der Waals surface area contributed by atoms with Crippen LogP contribution in [0.3, 0.4) is 0 Å². The largest absolute Gasteiger partial charge is 0.398 e. The Morgan fingerprint density at radius 3 is 2.85 bits per heavy atom. The lowest BCUT2D eigenvalue weighted by atomic mass is 10.1. The maximum absolute atomic E-state index is 12.2. The van der Waals surface area contributed by atoms with Crippen LogP contribution in [0.2, 0.25) is 0 Å². The van der Waals surface area contributed by atoms with E-state index in [2.05, 4.69) is 10.4 Å². The molecule has 0 fully saturated rings. The zero-order valence-corrected chi connectivity index (χ0v) is 12.1. The van der Waals surface area contributed by atoms with Gasteiger partial charge in [0.25, 0.3) is 5.91 Å². The predicted molar refractivity (Wildman–Crippen MR) is 79.3 cm³/mol. The van der Waals surface area contributed by atoms with Crippen LogP contribution in [0, 0.1) is 6.92 Å². The molecule has 0 aliphatic carbocycles. The summed E-state index contributed by atoms with van der Waals surface area (Å²) in [4.78, 5) is 12.2. The van der Waals surface area contributed by atoms with Crippen molar-refractivity contribution in [1.82, 2.24) is 15.1 Å². The fourth-order valence-corrected chi connectivity index (χ4v) is 2.29. The highest BCUT2D eigenvalue weighted by Gasteiger charge is 2.13. The summed E-state index contributed by atoms with van der Waals surface area (Å²) in [5, 5.41) is 7.27. The number of nitrogens with two attached hydrogens (primary N) is 1. The van der Waals surface area contributed by atoms with Gasteiger partial charge in [-0.1, -0.05) is 19.1 Å². The minimum Gasteiger partial charge on any atom is -0.398 e. The molecule has 5 nitrogen and oxygen atoms in total. The van der Waals surface area contributed by atoms with Gasteiger partial charge >= 0.3 is 0 Å². The molecule has 0 unspecified atom stereocenters. The van der Waals surface area contributed by atoms with Crippen molar-refractivity contribution in [1.29, 1.82) is 0 Å². The number of carbonyl (C=O) groups is 1. The highest BCUT2D eigenvalue weighted by atomic mass is 16.1. The number of nitrogens with one attached hydrogen (secondary N) is 1. The molecule has 1 heterocycles. The number of amides is 1. The van der Waals surface area contributed by atoms with Gasteiger partial charge in [-0.25, -0.2) is 0 Å². The number of carbonyl (C=O) groups excluding carboxylic acids is 1. The monoisotopic (exact) mass is 272 g/mol. The van der Waals surface area contributed by atoms with E-state index in [4.69, 9.17) is 5.73 Å². The van der Waals surface area contributed by atoms with Crippen LogP contribution >= 0.6 is 0 Å². The fraction of sp³-hybridized carbons (Fsp3) is 0.333. The summed E-state index contributed by atoms with van der Waals surface area (Å²) >= 11 is 0. The fourth-order valence-electron chi connectivity index (χ4n) is 2.29. The van der Waals surface area contributed by atoms with Crippen LogP contribution in [0.25, 0.3) is 0 Å². The number of nitrogen functional groups attached to an aromatic ring is 1. The Morgan fingerprint density at radius 2 is 2.20 bits per heavy atom. The third-order valence-corrected chi connectivity index (χ3v) is 3.30. The van der Waals surface area contributed by atoms with Gasteiger partial charge in [-0.15, -0.1) is 0 Å². The van der Waals surface area contributed by atoms with E-state index in [-0.39, 0.29) is 5.91 Å². The molecular formula is C15H20N4O. The minimum atomic E-state index is -0.147. The highest BCUT2D eigenvalue weighted by Crippen LogP contribution is 2.16. The zero-order valence-electron chi connectivity index (χ0n) is 12.1. The molecule has 1 aromatic heterocycles. The first-order valence-corrected chi connectivity index (χ1v) is 6.67. The second-order valence-electron chi connectivity index (χ2n) is 4.85. The lowest BCUT2D eigenvalue weighted by Crippen LogP contribution is -2.25. The van der Waals surface area contributed by atoms with E-state index in [1.165, 1.54) is 0 Å². The van der Waals surface area contributed by atoms with E-state index in [1.54, 1.807) is 10.7 Å². The second kappa shape index (κ2) is 5.77. The van der Waals surface area contributed by atoms with Crippen molar-refractivity contribution in [3.05, 3.63) is 46.8 Å². The molecule has 0 spiro atoms. The quantitative estimate of drug-likeness (QED) is 0.834. The Balaban J connectivity index is 2.13. The average Bonchev–Trinajstić information content (AvgIpc) is 2.76. The summed E-state index contributed by atoms with van der Waals surface area (Å²) in [6, 6.07) is 5.47. The number of aryl methyl sites for hydroxylation is 3. The van der Waals surface area contributed by atoms with Crippen molar-refractivity contribution in [2.24, 2.45) is 7.05 Å². The molecule has 1 amide bonds. The normalized spacial score (nSPS) is 10.6. The number of rotatable bonds is 4. The molecule has 0 saturated heterocycles. The molecule has 0 aliphatic rings. The third-order valence-electron chi connectivity index (χ3n) is 3.30. The van der Waals surface area contributed by atoms with Crippen molar-refractivity contribution in [2.75, 3.05) is 5.73 Å². The van der Waals surface area contributed by atoms with Gasteiger partial charge in [0.15, 0.2) is 0 Å². The van der Waals surface area contributed by atoms with Gasteiger partial charge < -0.3 is 11.1 Å². The Bertz CT molecular complexity index is 611. The van der Waals surface area contributed by atoms with Crippen LogP contribution in [0.5, 0.6) is 0 Å². The van der Waals surface area contributed by atoms with E-state index < -0.39 is 0 Å². The van der Waals surface area contributed by atoms with Crippen LogP contribution < -0.4 is 11.1 Å². The molecular weight excluding hydrogens is 252 g/mol. The molecule has 0 aliphatic heterocycles.